The van der Waals surface area contributed by atoms with Gasteiger partial charge in [0.25, 0.3) is 0 Å². The fourth-order valence-corrected chi connectivity index (χ4v) is 2.18. The number of likely N-dealkylation sites (N-methyl/N-ethyl adjacent to an activating group) is 1. The molecule has 0 bridgehead atoms. The van der Waals surface area contributed by atoms with Crippen LogP contribution < -0.4 is 10.1 Å². The molecule has 0 spiro atoms. The van der Waals surface area contributed by atoms with E-state index in [2.05, 4.69) is 17.3 Å². The number of ether oxygens (including phenoxy) is 2. The fourth-order valence-electron chi connectivity index (χ4n) is 2.18. The van der Waals surface area contributed by atoms with E-state index in [-0.39, 0.29) is 6.10 Å². The molecule has 4 heteroatoms. The van der Waals surface area contributed by atoms with E-state index in [1.807, 2.05) is 24.3 Å². The monoisotopic (exact) mass is 250 g/mol. The maximum absolute atomic E-state index is 5.97. The van der Waals surface area contributed by atoms with E-state index in [0.717, 1.165) is 44.1 Å². The van der Waals surface area contributed by atoms with E-state index >= 15 is 0 Å². The van der Waals surface area contributed by atoms with Gasteiger partial charge in [-0.3, -0.25) is 0 Å². The Hall–Kier alpha value is -1.26. The highest BCUT2D eigenvalue weighted by Gasteiger charge is 2.19. The van der Waals surface area contributed by atoms with Gasteiger partial charge in [0, 0.05) is 26.8 Å². The van der Waals surface area contributed by atoms with E-state index in [0.29, 0.717) is 0 Å². The molecule has 1 unspecified atom stereocenters. The van der Waals surface area contributed by atoms with E-state index < -0.39 is 0 Å². The van der Waals surface area contributed by atoms with Gasteiger partial charge in [0.15, 0.2) is 0 Å². The normalized spacial score (nSPS) is 18.1. The van der Waals surface area contributed by atoms with Crippen molar-refractivity contribution in [3.05, 3.63) is 24.3 Å². The number of fused-ring (bicyclic) bond motifs is 1. The SMILES string of the molecule is COCCCN(C)CC1CNc2ccccc2O1. The lowest BCUT2D eigenvalue weighted by atomic mass is 10.2. The van der Waals surface area contributed by atoms with Crippen molar-refractivity contribution >= 4 is 5.69 Å². The molecular formula is C14H22N2O2. The molecule has 2 rings (SSSR count). The Morgan fingerprint density at radius 1 is 1.44 bits per heavy atom. The van der Waals surface area contributed by atoms with Gasteiger partial charge >= 0.3 is 0 Å². The number of hydrogen-bond donors (Lipinski definition) is 1. The van der Waals surface area contributed by atoms with E-state index in [1.54, 1.807) is 7.11 Å². The summed E-state index contributed by atoms with van der Waals surface area (Å²) in [7, 11) is 3.87. The van der Waals surface area contributed by atoms with Crippen LogP contribution in [0.1, 0.15) is 6.42 Å². The van der Waals surface area contributed by atoms with Crippen LogP contribution in [-0.2, 0) is 4.74 Å². The van der Waals surface area contributed by atoms with E-state index in [4.69, 9.17) is 9.47 Å². The maximum Gasteiger partial charge on any atom is 0.142 e. The molecule has 1 aromatic rings. The van der Waals surface area contributed by atoms with Gasteiger partial charge < -0.3 is 19.7 Å². The largest absolute Gasteiger partial charge is 0.485 e. The van der Waals surface area contributed by atoms with Crippen LogP contribution in [0.2, 0.25) is 0 Å². The van der Waals surface area contributed by atoms with Crippen LogP contribution >= 0.6 is 0 Å². The third kappa shape index (κ3) is 3.62. The first-order valence-corrected chi connectivity index (χ1v) is 6.46. The smallest absolute Gasteiger partial charge is 0.142 e. The average molecular weight is 250 g/mol. The molecular weight excluding hydrogens is 228 g/mol. The van der Waals surface area contributed by atoms with Crippen molar-refractivity contribution in [3.63, 3.8) is 0 Å². The van der Waals surface area contributed by atoms with Crippen molar-refractivity contribution in [2.24, 2.45) is 0 Å². The predicted octanol–water partition coefficient (Wildman–Crippen LogP) is 1.83. The van der Waals surface area contributed by atoms with Crippen LogP contribution in [0, 0.1) is 0 Å². The number of nitrogens with zero attached hydrogens (tertiary/aromatic N) is 1. The van der Waals surface area contributed by atoms with E-state index in [9.17, 15) is 0 Å². The van der Waals surface area contributed by atoms with E-state index in [1.165, 1.54) is 0 Å². The van der Waals surface area contributed by atoms with Crippen LogP contribution in [0.15, 0.2) is 24.3 Å². The minimum atomic E-state index is 0.215. The molecule has 1 atom stereocenters. The molecule has 0 radical (unpaired) electrons. The maximum atomic E-state index is 5.97. The molecule has 0 aliphatic carbocycles. The van der Waals surface area contributed by atoms with Crippen molar-refractivity contribution in [2.45, 2.75) is 12.5 Å². The molecule has 1 aromatic carbocycles. The summed E-state index contributed by atoms with van der Waals surface area (Å²) >= 11 is 0. The minimum absolute atomic E-state index is 0.215. The first-order valence-electron chi connectivity index (χ1n) is 6.46. The molecule has 1 N–H and O–H groups in total. The highest BCUT2D eigenvalue weighted by atomic mass is 16.5. The van der Waals surface area contributed by atoms with Crippen LogP contribution in [0.4, 0.5) is 5.69 Å². The van der Waals surface area contributed by atoms with Gasteiger partial charge in [-0.2, -0.15) is 0 Å². The Morgan fingerprint density at radius 2 is 2.28 bits per heavy atom. The van der Waals surface area contributed by atoms with Crippen molar-refractivity contribution in [1.82, 2.24) is 4.90 Å². The standard InChI is InChI=1S/C14H22N2O2/c1-16(8-5-9-17-2)11-12-10-15-13-6-3-4-7-14(13)18-12/h3-4,6-7,12,15H,5,8-11H2,1-2H3. The van der Waals surface area contributed by atoms with Gasteiger partial charge in [-0.1, -0.05) is 12.1 Å². The Labute approximate surface area is 109 Å². The van der Waals surface area contributed by atoms with Gasteiger partial charge in [0.2, 0.25) is 0 Å². The van der Waals surface area contributed by atoms with Gasteiger partial charge in [0.05, 0.1) is 12.2 Å². The Kier molecular flexibility index (Phi) is 4.84. The van der Waals surface area contributed by atoms with Gasteiger partial charge in [-0.25, -0.2) is 0 Å². The number of methoxy groups -OCH3 is 1. The molecule has 1 aliphatic rings. The third-order valence-electron chi connectivity index (χ3n) is 3.10. The summed E-state index contributed by atoms with van der Waals surface area (Å²) in [5.41, 5.74) is 1.09. The summed E-state index contributed by atoms with van der Waals surface area (Å²) in [5.74, 6) is 0.957. The topological polar surface area (TPSA) is 33.7 Å². The summed E-state index contributed by atoms with van der Waals surface area (Å²) < 4.78 is 11.0. The van der Waals surface area contributed by atoms with Crippen LogP contribution in [0.25, 0.3) is 0 Å². The summed E-state index contributed by atoms with van der Waals surface area (Å²) in [6, 6.07) is 8.09. The molecule has 18 heavy (non-hydrogen) atoms. The number of anilines is 1. The summed E-state index contributed by atoms with van der Waals surface area (Å²) in [4.78, 5) is 2.29. The summed E-state index contributed by atoms with van der Waals surface area (Å²) in [5, 5.41) is 3.41. The van der Waals surface area contributed by atoms with Crippen molar-refractivity contribution in [3.8, 4) is 5.75 Å². The third-order valence-corrected chi connectivity index (χ3v) is 3.10. The van der Waals surface area contributed by atoms with Gasteiger partial charge in [-0.15, -0.1) is 0 Å². The lowest BCUT2D eigenvalue weighted by Gasteiger charge is -2.30. The van der Waals surface area contributed by atoms with Crippen molar-refractivity contribution in [2.75, 3.05) is 45.7 Å². The molecule has 1 heterocycles. The number of rotatable bonds is 6. The van der Waals surface area contributed by atoms with Gasteiger partial charge in [0.1, 0.15) is 11.9 Å². The lowest BCUT2D eigenvalue weighted by Crippen LogP contribution is -2.40. The Balaban J connectivity index is 1.79. The van der Waals surface area contributed by atoms with Crippen molar-refractivity contribution < 1.29 is 9.47 Å². The van der Waals surface area contributed by atoms with Gasteiger partial charge in [-0.05, 0) is 25.6 Å². The molecule has 0 fully saturated rings. The molecule has 100 valence electrons. The Bertz CT molecular complexity index is 371. The molecule has 1 aliphatic heterocycles. The molecule has 0 saturated carbocycles. The highest BCUT2D eigenvalue weighted by molar-refractivity contribution is 5.57. The second-order valence-electron chi connectivity index (χ2n) is 4.73. The zero-order valence-electron chi connectivity index (χ0n) is 11.2. The highest BCUT2D eigenvalue weighted by Crippen LogP contribution is 2.28. The first kappa shape index (κ1) is 13.2. The zero-order valence-corrected chi connectivity index (χ0v) is 11.2. The second-order valence-corrected chi connectivity index (χ2v) is 4.73. The lowest BCUT2D eigenvalue weighted by molar-refractivity contribution is 0.137. The first-order chi connectivity index (χ1) is 8.79. The predicted molar refractivity (Wildman–Crippen MR) is 73.3 cm³/mol. The number of para-hydroxylation sites is 2. The molecule has 0 amide bonds. The minimum Gasteiger partial charge on any atom is -0.485 e. The quantitative estimate of drug-likeness (QED) is 0.781. The summed E-state index contributed by atoms with van der Waals surface area (Å²) in [6.45, 7) is 3.66. The fraction of sp³-hybridized carbons (Fsp3) is 0.571. The Morgan fingerprint density at radius 3 is 3.11 bits per heavy atom. The van der Waals surface area contributed by atoms with Crippen LogP contribution in [0.3, 0.4) is 0 Å². The summed E-state index contributed by atoms with van der Waals surface area (Å²) in [6.07, 6.45) is 1.27. The molecule has 4 nitrogen and oxygen atoms in total. The van der Waals surface area contributed by atoms with Crippen molar-refractivity contribution in [1.29, 1.82) is 0 Å². The second kappa shape index (κ2) is 6.61. The number of hydrogen-bond acceptors (Lipinski definition) is 4. The van der Waals surface area contributed by atoms with Crippen LogP contribution in [-0.4, -0.2) is 51.4 Å². The molecule has 0 aromatic heterocycles. The molecule has 0 saturated heterocycles. The number of benzene rings is 1. The zero-order chi connectivity index (χ0) is 12.8. The average Bonchev–Trinajstić information content (AvgIpc) is 2.39. The number of nitrogens with one attached hydrogen (secondary N) is 1. The van der Waals surface area contributed by atoms with Crippen LogP contribution in [0.5, 0.6) is 5.75 Å².